The molecule has 0 bridgehead atoms. The number of halogens is 3. The number of Topliss-reactive ketones (excluding diaryl/α,β-unsaturated/α-hetero) is 2. The Morgan fingerprint density at radius 2 is 1.73 bits per heavy atom. The highest BCUT2D eigenvalue weighted by molar-refractivity contribution is 6.31. The van der Waals surface area contributed by atoms with Crippen molar-refractivity contribution in [1.29, 1.82) is 0 Å². The van der Waals surface area contributed by atoms with E-state index in [1.54, 1.807) is 0 Å². The molecule has 0 aliphatic heterocycles. The summed E-state index contributed by atoms with van der Waals surface area (Å²) in [6.07, 6.45) is -4.15. The average molecular weight is 431 g/mol. The number of benzene rings is 1. The topological polar surface area (TPSA) is 113 Å². The molecule has 0 heterocycles. The van der Waals surface area contributed by atoms with E-state index in [2.05, 4.69) is 0 Å². The average Bonchev–Trinajstić information content (AvgIpc) is 2.66. The first-order valence-corrected chi connectivity index (χ1v) is 8.73. The fourth-order valence-corrected chi connectivity index (χ4v) is 2.31. The summed E-state index contributed by atoms with van der Waals surface area (Å²) in [5.41, 5.74) is -5.82. The van der Waals surface area contributed by atoms with Gasteiger partial charge in [0.25, 0.3) is 5.69 Å². The van der Waals surface area contributed by atoms with E-state index in [1.807, 2.05) is 0 Å². The Morgan fingerprint density at radius 1 is 1.13 bits per heavy atom. The van der Waals surface area contributed by atoms with E-state index in [0.717, 1.165) is 6.26 Å². The zero-order chi connectivity index (χ0) is 23.3. The first-order chi connectivity index (χ1) is 13.8. The minimum atomic E-state index is -4.88. The van der Waals surface area contributed by atoms with E-state index < -0.39 is 56.4 Å². The monoisotopic (exact) mass is 431 g/mol. The second-order valence-corrected chi connectivity index (χ2v) is 6.48. The molecule has 1 rings (SSSR count). The number of alkyl halides is 3. The van der Waals surface area contributed by atoms with Gasteiger partial charge in [0, 0.05) is 6.07 Å². The SMILES string of the molecule is CCO/C=C(\C(=O)c1ccc(C(F)(F)F)cc1[N+](=O)[O-])C(=O)C(C)(C)C(=O)OCC. The number of esters is 1. The molecular weight excluding hydrogens is 411 g/mol. The van der Waals surface area contributed by atoms with Crippen molar-refractivity contribution in [1.82, 2.24) is 0 Å². The van der Waals surface area contributed by atoms with E-state index >= 15 is 0 Å². The molecule has 0 radical (unpaired) electrons. The Bertz CT molecular complexity index is 889. The summed E-state index contributed by atoms with van der Waals surface area (Å²) in [7, 11) is 0. The number of nitro benzene ring substituents is 1. The lowest BCUT2D eigenvalue weighted by molar-refractivity contribution is -0.385. The third-order valence-electron chi connectivity index (χ3n) is 3.98. The highest BCUT2D eigenvalue weighted by Gasteiger charge is 2.43. The molecular formula is C19H20F3NO7. The Hall–Kier alpha value is -3.24. The summed E-state index contributed by atoms with van der Waals surface area (Å²) >= 11 is 0. The molecule has 0 saturated heterocycles. The fraction of sp³-hybridized carbons (Fsp3) is 0.421. The Labute approximate surface area is 169 Å². The van der Waals surface area contributed by atoms with Crippen LogP contribution in [0.4, 0.5) is 18.9 Å². The van der Waals surface area contributed by atoms with Crippen LogP contribution in [0, 0.1) is 15.5 Å². The van der Waals surface area contributed by atoms with Gasteiger partial charge >= 0.3 is 12.1 Å². The van der Waals surface area contributed by atoms with E-state index in [1.165, 1.54) is 27.7 Å². The van der Waals surface area contributed by atoms with Crippen LogP contribution in [0.2, 0.25) is 0 Å². The molecule has 0 saturated carbocycles. The van der Waals surface area contributed by atoms with Crippen LogP contribution in [-0.2, 0) is 25.2 Å². The first kappa shape index (κ1) is 24.8. The van der Waals surface area contributed by atoms with Gasteiger partial charge in [0.15, 0.2) is 5.78 Å². The Morgan fingerprint density at radius 3 is 2.20 bits per heavy atom. The number of carbonyl (C=O) groups excluding carboxylic acids is 3. The van der Waals surface area contributed by atoms with Crippen LogP contribution in [0.3, 0.4) is 0 Å². The molecule has 0 aliphatic rings. The van der Waals surface area contributed by atoms with Crippen LogP contribution in [0.1, 0.15) is 43.6 Å². The molecule has 164 valence electrons. The highest BCUT2D eigenvalue weighted by Crippen LogP contribution is 2.34. The van der Waals surface area contributed by atoms with Gasteiger partial charge in [-0.25, -0.2) is 0 Å². The van der Waals surface area contributed by atoms with Gasteiger partial charge in [0.05, 0.1) is 30.0 Å². The maximum Gasteiger partial charge on any atom is 0.416 e. The number of hydrogen-bond donors (Lipinski definition) is 0. The minimum Gasteiger partial charge on any atom is -0.501 e. The van der Waals surface area contributed by atoms with Gasteiger partial charge in [-0.3, -0.25) is 24.5 Å². The molecule has 1 aromatic rings. The molecule has 30 heavy (non-hydrogen) atoms. The summed E-state index contributed by atoms with van der Waals surface area (Å²) in [6, 6.07) is 1.29. The number of ketones is 2. The molecule has 0 amide bonds. The lowest BCUT2D eigenvalue weighted by atomic mass is 9.82. The van der Waals surface area contributed by atoms with Crippen molar-refractivity contribution in [2.45, 2.75) is 33.9 Å². The Kier molecular flexibility index (Phi) is 7.86. The van der Waals surface area contributed by atoms with Crippen LogP contribution < -0.4 is 0 Å². The summed E-state index contributed by atoms with van der Waals surface area (Å²) in [5.74, 6) is -3.27. The molecule has 11 heteroatoms. The van der Waals surface area contributed by atoms with Crippen LogP contribution >= 0.6 is 0 Å². The Balaban J connectivity index is 3.56. The summed E-state index contributed by atoms with van der Waals surface area (Å²) < 4.78 is 48.4. The largest absolute Gasteiger partial charge is 0.501 e. The number of rotatable bonds is 9. The number of hydrogen-bond acceptors (Lipinski definition) is 7. The minimum absolute atomic E-state index is 0.0129. The van der Waals surface area contributed by atoms with Crippen LogP contribution in [0.25, 0.3) is 0 Å². The molecule has 0 fully saturated rings. The number of nitrogens with zero attached hydrogens (tertiary/aromatic N) is 1. The summed E-state index contributed by atoms with van der Waals surface area (Å²) in [5, 5.41) is 11.3. The second kappa shape index (κ2) is 9.51. The summed E-state index contributed by atoms with van der Waals surface area (Å²) in [6.45, 7) is 5.37. The zero-order valence-electron chi connectivity index (χ0n) is 16.7. The molecule has 0 N–H and O–H groups in total. The van der Waals surface area contributed by atoms with Gasteiger partial charge in [-0.05, 0) is 39.8 Å². The van der Waals surface area contributed by atoms with Gasteiger partial charge in [-0.2, -0.15) is 13.2 Å². The van der Waals surface area contributed by atoms with Crippen molar-refractivity contribution in [3.05, 3.63) is 51.3 Å². The predicted molar refractivity (Wildman–Crippen MR) is 97.6 cm³/mol. The zero-order valence-corrected chi connectivity index (χ0v) is 16.7. The number of carbonyl (C=O) groups is 3. The van der Waals surface area contributed by atoms with Crippen molar-refractivity contribution < 1.29 is 42.0 Å². The third-order valence-corrected chi connectivity index (χ3v) is 3.98. The molecule has 0 unspecified atom stereocenters. The van der Waals surface area contributed by atoms with E-state index in [4.69, 9.17) is 9.47 Å². The van der Waals surface area contributed by atoms with Gasteiger partial charge in [-0.1, -0.05) is 0 Å². The number of allylic oxidation sites excluding steroid dienone is 1. The molecule has 0 atom stereocenters. The van der Waals surface area contributed by atoms with Crippen molar-refractivity contribution in [2.75, 3.05) is 13.2 Å². The molecule has 0 aromatic heterocycles. The summed E-state index contributed by atoms with van der Waals surface area (Å²) in [4.78, 5) is 48.0. The van der Waals surface area contributed by atoms with Crippen molar-refractivity contribution in [2.24, 2.45) is 5.41 Å². The van der Waals surface area contributed by atoms with Gasteiger partial charge in [0.1, 0.15) is 16.6 Å². The molecule has 8 nitrogen and oxygen atoms in total. The number of ether oxygens (including phenoxy) is 2. The molecule has 1 aromatic carbocycles. The molecule has 0 spiro atoms. The van der Waals surface area contributed by atoms with Crippen molar-refractivity contribution in [3.8, 4) is 0 Å². The lowest BCUT2D eigenvalue weighted by Crippen LogP contribution is -2.38. The predicted octanol–water partition coefficient (Wildman–Crippen LogP) is 3.88. The quantitative estimate of drug-likeness (QED) is 0.0852. The highest BCUT2D eigenvalue weighted by atomic mass is 19.4. The second-order valence-electron chi connectivity index (χ2n) is 6.48. The molecule has 0 aliphatic carbocycles. The first-order valence-electron chi connectivity index (χ1n) is 8.73. The van der Waals surface area contributed by atoms with E-state index in [0.29, 0.717) is 12.1 Å². The van der Waals surface area contributed by atoms with Crippen molar-refractivity contribution >= 4 is 23.2 Å². The number of nitro groups is 1. The van der Waals surface area contributed by atoms with Gasteiger partial charge in [0.2, 0.25) is 5.78 Å². The van der Waals surface area contributed by atoms with Crippen LogP contribution in [0.5, 0.6) is 0 Å². The van der Waals surface area contributed by atoms with E-state index in [9.17, 15) is 37.7 Å². The maximum absolute atomic E-state index is 12.9. The lowest BCUT2D eigenvalue weighted by Gasteiger charge is -2.21. The van der Waals surface area contributed by atoms with Crippen LogP contribution in [-0.4, -0.2) is 35.7 Å². The van der Waals surface area contributed by atoms with Gasteiger partial charge in [-0.15, -0.1) is 0 Å². The smallest absolute Gasteiger partial charge is 0.416 e. The van der Waals surface area contributed by atoms with Gasteiger partial charge < -0.3 is 9.47 Å². The maximum atomic E-state index is 12.9. The normalized spacial score (nSPS) is 12.3. The third kappa shape index (κ3) is 5.43. The standard InChI is InChI=1S/C19H20F3NO7/c1-5-29-10-13(16(25)18(3,4)17(26)30-6-2)15(24)12-8-7-11(19(20,21)22)9-14(12)23(27)28/h7-10H,5-6H2,1-4H3/b13-10+. The van der Waals surface area contributed by atoms with Crippen molar-refractivity contribution in [3.63, 3.8) is 0 Å². The van der Waals surface area contributed by atoms with Crippen LogP contribution in [0.15, 0.2) is 30.0 Å². The van der Waals surface area contributed by atoms with E-state index in [-0.39, 0.29) is 19.3 Å². The fourth-order valence-electron chi connectivity index (χ4n) is 2.31.